The van der Waals surface area contributed by atoms with Gasteiger partial charge in [-0.25, -0.2) is 0 Å². The summed E-state index contributed by atoms with van der Waals surface area (Å²) in [4.78, 5) is 15.3. The van der Waals surface area contributed by atoms with E-state index in [1.165, 1.54) is 25.8 Å². The van der Waals surface area contributed by atoms with Crippen LogP contribution in [0.2, 0.25) is 10.0 Å². The molecular weight excluding hydrogens is 353 g/mol. The Morgan fingerprint density at radius 3 is 2.32 bits per heavy atom. The van der Waals surface area contributed by atoms with Gasteiger partial charge in [-0.2, -0.15) is 0 Å². The number of piperidine rings is 1. The van der Waals surface area contributed by atoms with Crippen LogP contribution in [0.3, 0.4) is 0 Å². The van der Waals surface area contributed by atoms with Crippen LogP contribution in [0.15, 0.2) is 18.2 Å². The van der Waals surface area contributed by atoms with Gasteiger partial charge in [0.05, 0.1) is 0 Å². The number of likely N-dealkylation sites (tertiary alicyclic amines) is 1. The van der Waals surface area contributed by atoms with Crippen molar-refractivity contribution in [2.75, 3.05) is 19.6 Å². The number of carbonyl (C=O) groups excluding carboxylic acids is 1. The van der Waals surface area contributed by atoms with Crippen LogP contribution in [-0.4, -0.2) is 30.3 Å². The summed E-state index contributed by atoms with van der Waals surface area (Å²) >= 11 is 12.1. The van der Waals surface area contributed by atoms with Gasteiger partial charge in [0.15, 0.2) is 0 Å². The standard InChI is InChI=1S/C21H29Cl2NO/c1-20(2,3)4-7-24-8-5-21(6-9-24)14-18(21)19(25)12-15-10-16(22)13-17(23)11-15/h10-11,13,18H,4-9,12,14H2,1-3H3. The van der Waals surface area contributed by atoms with Gasteiger partial charge in [-0.1, -0.05) is 44.0 Å². The van der Waals surface area contributed by atoms with Crippen LogP contribution < -0.4 is 0 Å². The van der Waals surface area contributed by atoms with Crippen LogP contribution in [0.5, 0.6) is 0 Å². The summed E-state index contributed by atoms with van der Waals surface area (Å²) in [6, 6.07) is 5.42. The first kappa shape index (κ1) is 19.2. The molecule has 1 aliphatic heterocycles. The maximum atomic E-state index is 12.7. The number of rotatable bonds is 5. The second kappa shape index (κ2) is 7.21. The topological polar surface area (TPSA) is 20.3 Å². The van der Waals surface area contributed by atoms with Gasteiger partial charge in [-0.05, 0) is 79.9 Å². The number of halogens is 2. The molecule has 0 radical (unpaired) electrons. The zero-order valence-corrected chi connectivity index (χ0v) is 17.1. The highest BCUT2D eigenvalue weighted by molar-refractivity contribution is 6.34. The average molecular weight is 382 g/mol. The van der Waals surface area contributed by atoms with Crippen molar-refractivity contribution in [3.05, 3.63) is 33.8 Å². The second-order valence-corrected chi connectivity index (χ2v) is 10.1. The molecule has 1 aromatic rings. The highest BCUT2D eigenvalue weighted by Gasteiger charge is 2.57. The number of carbonyl (C=O) groups is 1. The van der Waals surface area contributed by atoms with Crippen molar-refractivity contribution in [2.24, 2.45) is 16.7 Å². The van der Waals surface area contributed by atoms with Gasteiger partial charge in [0.1, 0.15) is 5.78 Å². The molecule has 1 unspecified atom stereocenters. The quantitative estimate of drug-likeness (QED) is 0.657. The number of hydrogen-bond acceptors (Lipinski definition) is 2. The molecule has 1 heterocycles. The molecule has 25 heavy (non-hydrogen) atoms. The number of benzene rings is 1. The Balaban J connectivity index is 1.50. The van der Waals surface area contributed by atoms with Gasteiger partial charge >= 0.3 is 0 Å². The van der Waals surface area contributed by atoms with Crippen molar-refractivity contribution < 1.29 is 4.79 Å². The minimum Gasteiger partial charge on any atom is -0.303 e. The predicted octanol–water partition coefficient (Wildman–Crippen LogP) is 5.64. The monoisotopic (exact) mass is 381 g/mol. The lowest BCUT2D eigenvalue weighted by Crippen LogP contribution is -2.37. The molecule has 3 rings (SSSR count). The normalized spacial score (nSPS) is 23.0. The van der Waals surface area contributed by atoms with Gasteiger partial charge in [0.2, 0.25) is 0 Å². The van der Waals surface area contributed by atoms with Gasteiger partial charge in [-0.15, -0.1) is 0 Å². The van der Waals surface area contributed by atoms with Crippen LogP contribution in [0.1, 0.15) is 52.0 Å². The van der Waals surface area contributed by atoms with Crippen LogP contribution in [0.25, 0.3) is 0 Å². The molecule has 0 amide bonds. The molecule has 1 aromatic carbocycles. The van der Waals surface area contributed by atoms with Crippen molar-refractivity contribution in [3.8, 4) is 0 Å². The molecule has 1 atom stereocenters. The van der Waals surface area contributed by atoms with Gasteiger partial charge in [-0.3, -0.25) is 4.79 Å². The Labute approximate surface area is 161 Å². The lowest BCUT2D eigenvalue weighted by Gasteiger charge is -2.34. The first-order valence-electron chi connectivity index (χ1n) is 9.37. The molecular formula is C21H29Cl2NO. The molecule has 0 aromatic heterocycles. The lowest BCUT2D eigenvalue weighted by molar-refractivity contribution is -0.120. The molecule has 0 bridgehead atoms. The largest absolute Gasteiger partial charge is 0.303 e. The van der Waals surface area contributed by atoms with Crippen LogP contribution >= 0.6 is 23.2 Å². The first-order valence-corrected chi connectivity index (χ1v) is 10.1. The molecule has 1 saturated heterocycles. The Kier molecular flexibility index (Phi) is 5.54. The van der Waals surface area contributed by atoms with Crippen molar-refractivity contribution in [3.63, 3.8) is 0 Å². The van der Waals surface area contributed by atoms with E-state index in [4.69, 9.17) is 23.2 Å². The molecule has 4 heteroatoms. The summed E-state index contributed by atoms with van der Waals surface area (Å²) in [5.41, 5.74) is 1.62. The molecule has 138 valence electrons. The fourth-order valence-electron chi connectivity index (χ4n) is 4.11. The van der Waals surface area contributed by atoms with Crippen molar-refractivity contribution in [1.29, 1.82) is 0 Å². The summed E-state index contributed by atoms with van der Waals surface area (Å²) < 4.78 is 0. The summed E-state index contributed by atoms with van der Waals surface area (Å²) in [6.07, 6.45) is 5.11. The summed E-state index contributed by atoms with van der Waals surface area (Å²) in [5, 5.41) is 1.21. The van der Waals surface area contributed by atoms with Crippen molar-refractivity contribution >= 4 is 29.0 Å². The minimum absolute atomic E-state index is 0.245. The fourth-order valence-corrected chi connectivity index (χ4v) is 4.68. The van der Waals surface area contributed by atoms with E-state index in [1.54, 1.807) is 6.07 Å². The maximum absolute atomic E-state index is 12.7. The van der Waals surface area contributed by atoms with E-state index in [-0.39, 0.29) is 11.3 Å². The SMILES string of the molecule is CC(C)(C)CCN1CCC2(CC1)CC2C(=O)Cc1cc(Cl)cc(Cl)c1. The van der Waals surface area contributed by atoms with Crippen LogP contribution in [0.4, 0.5) is 0 Å². The molecule has 1 aliphatic carbocycles. The zero-order chi connectivity index (χ0) is 18.2. The molecule has 2 nitrogen and oxygen atoms in total. The van der Waals surface area contributed by atoms with Crippen molar-refractivity contribution in [1.82, 2.24) is 4.90 Å². The zero-order valence-electron chi connectivity index (χ0n) is 15.6. The Bertz CT molecular complexity index is 622. The third-order valence-corrected chi connectivity index (χ3v) is 6.35. The summed E-state index contributed by atoms with van der Waals surface area (Å²) in [6.45, 7) is 10.4. The van der Waals surface area contributed by atoms with E-state index >= 15 is 0 Å². The van der Waals surface area contributed by atoms with E-state index in [9.17, 15) is 4.79 Å². The second-order valence-electron chi connectivity index (χ2n) is 9.19. The lowest BCUT2D eigenvalue weighted by atomic mass is 9.87. The Hall–Kier alpha value is -0.570. The highest BCUT2D eigenvalue weighted by Crippen LogP contribution is 2.60. The van der Waals surface area contributed by atoms with E-state index in [0.717, 1.165) is 25.1 Å². The molecule has 2 aliphatic rings. The van der Waals surface area contributed by atoms with Gasteiger partial charge in [0.25, 0.3) is 0 Å². The van der Waals surface area contributed by atoms with E-state index in [2.05, 4.69) is 25.7 Å². The smallest absolute Gasteiger partial charge is 0.140 e. The Morgan fingerprint density at radius 1 is 1.16 bits per heavy atom. The molecule has 0 N–H and O–H groups in total. The number of Topliss-reactive ketones (excluding diaryl/α,β-unsaturated/α-hetero) is 1. The summed E-state index contributed by atoms with van der Waals surface area (Å²) in [7, 11) is 0. The number of hydrogen-bond donors (Lipinski definition) is 0. The van der Waals surface area contributed by atoms with Crippen molar-refractivity contribution in [2.45, 2.75) is 52.9 Å². The first-order chi connectivity index (χ1) is 11.7. The summed E-state index contributed by atoms with van der Waals surface area (Å²) in [5.74, 6) is 0.608. The fraction of sp³-hybridized carbons (Fsp3) is 0.667. The van der Waals surface area contributed by atoms with E-state index in [0.29, 0.717) is 27.7 Å². The molecule has 1 saturated carbocycles. The Morgan fingerprint density at radius 2 is 1.76 bits per heavy atom. The third kappa shape index (κ3) is 4.99. The number of nitrogens with zero attached hydrogens (tertiary/aromatic N) is 1. The average Bonchev–Trinajstić information content (AvgIpc) is 3.19. The van der Waals surface area contributed by atoms with Crippen LogP contribution in [-0.2, 0) is 11.2 Å². The predicted molar refractivity (Wildman–Crippen MR) is 105 cm³/mol. The maximum Gasteiger partial charge on any atom is 0.140 e. The van der Waals surface area contributed by atoms with Gasteiger partial charge < -0.3 is 4.90 Å². The molecule has 1 spiro atoms. The van der Waals surface area contributed by atoms with Crippen LogP contribution in [0, 0.1) is 16.7 Å². The van der Waals surface area contributed by atoms with E-state index < -0.39 is 0 Å². The van der Waals surface area contributed by atoms with Gasteiger partial charge in [0, 0.05) is 22.4 Å². The molecule has 2 fully saturated rings. The third-order valence-electron chi connectivity index (χ3n) is 5.91. The highest BCUT2D eigenvalue weighted by atomic mass is 35.5. The minimum atomic E-state index is 0.245. The van der Waals surface area contributed by atoms with E-state index in [1.807, 2.05) is 12.1 Å². The number of ketones is 1.